The number of nitrogens with zero attached hydrogens (tertiary/aromatic N) is 2. The van der Waals surface area contributed by atoms with Crippen molar-refractivity contribution in [3.05, 3.63) is 54.9 Å². The van der Waals surface area contributed by atoms with Crippen LogP contribution in [0.25, 0.3) is 0 Å². The Morgan fingerprint density at radius 1 is 1.07 bits per heavy atom. The first kappa shape index (κ1) is 23.1. The van der Waals surface area contributed by atoms with Gasteiger partial charge >= 0.3 is 0 Å². The molecule has 0 saturated heterocycles. The Kier molecular flexibility index (Phi) is 10.7. The van der Waals surface area contributed by atoms with Crippen molar-refractivity contribution in [1.29, 1.82) is 0 Å². The summed E-state index contributed by atoms with van der Waals surface area (Å²) < 4.78 is 32.2. The van der Waals surface area contributed by atoms with Crippen LogP contribution in [-0.2, 0) is 10.0 Å². The topological polar surface area (TPSA) is 105 Å². The normalized spacial score (nSPS) is 11.4. The zero-order valence-corrected chi connectivity index (χ0v) is 18.1. The van der Waals surface area contributed by atoms with E-state index in [2.05, 4.69) is 25.3 Å². The van der Waals surface area contributed by atoms with Crippen molar-refractivity contribution in [1.82, 2.24) is 20.3 Å². The minimum atomic E-state index is -3.55. The Bertz CT molecular complexity index is 789. The quantitative estimate of drug-likeness (QED) is 0.205. The number of aliphatic imine (C=N–C) groups is 1. The predicted molar refractivity (Wildman–Crippen MR) is 116 cm³/mol. The van der Waals surface area contributed by atoms with Crippen LogP contribution in [0, 0.1) is 0 Å². The lowest BCUT2D eigenvalue weighted by Gasteiger charge is -2.13. The zero-order valence-electron chi connectivity index (χ0n) is 15.0. The van der Waals surface area contributed by atoms with Crippen LogP contribution in [0.4, 0.5) is 0 Å². The third-order valence-electron chi connectivity index (χ3n) is 3.28. The molecule has 2 rings (SSSR count). The maximum Gasteiger partial charge on any atom is 0.242 e. The molecule has 2 aromatic rings. The number of nitrogens with one attached hydrogen (secondary N) is 3. The molecule has 10 heteroatoms. The van der Waals surface area contributed by atoms with Gasteiger partial charge < -0.3 is 15.4 Å². The van der Waals surface area contributed by atoms with Gasteiger partial charge in [-0.2, -0.15) is 0 Å². The molecule has 0 saturated carbocycles. The number of halogens is 1. The molecule has 0 unspecified atom stereocenters. The molecular weight excluding hydrogens is 481 g/mol. The lowest BCUT2D eigenvalue weighted by molar-refractivity contribution is 0.322. The van der Waals surface area contributed by atoms with Crippen molar-refractivity contribution in [2.24, 2.45) is 4.99 Å². The first-order valence-corrected chi connectivity index (χ1v) is 9.62. The van der Waals surface area contributed by atoms with Crippen LogP contribution in [0.5, 0.6) is 5.75 Å². The number of ether oxygens (including phenoxy) is 1. The van der Waals surface area contributed by atoms with E-state index < -0.39 is 10.0 Å². The van der Waals surface area contributed by atoms with Crippen molar-refractivity contribution in [3.63, 3.8) is 0 Å². The van der Waals surface area contributed by atoms with Crippen molar-refractivity contribution < 1.29 is 13.2 Å². The maximum absolute atomic E-state index is 12.1. The Labute approximate surface area is 176 Å². The molecule has 1 aromatic heterocycles. The first-order chi connectivity index (χ1) is 12.6. The van der Waals surface area contributed by atoms with E-state index in [0.717, 1.165) is 5.75 Å². The van der Waals surface area contributed by atoms with Crippen LogP contribution in [0.15, 0.2) is 64.7 Å². The van der Waals surface area contributed by atoms with Crippen molar-refractivity contribution in [3.8, 4) is 5.75 Å². The lowest BCUT2D eigenvalue weighted by atomic mass is 10.3. The van der Waals surface area contributed by atoms with E-state index in [1.54, 1.807) is 13.1 Å². The summed E-state index contributed by atoms with van der Waals surface area (Å²) in [6.45, 7) is 1.66. The number of sulfonamides is 1. The number of aromatic nitrogens is 1. The highest BCUT2D eigenvalue weighted by atomic mass is 127. The molecule has 3 N–H and O–H groups in total. The number of para-hydroxylation sites is 1. The van der Waals surface area contributed by atoms with E-state index in [1.807, 2.05) is 30.3 Å². The Morgan fingerprint density at radius 3 is 2.48 bits per heavy atom. The molecule has 0 aliphatic carbocycles. The fraction of sp³-hybridized carbons (Fsp3) is 0.294. The Morgan fingerprint density at radius 2 is 1.81 bits per heavy atom. The monoisotopic (exact) mass is 505 g/mol. The number of guanidine groups is 1. The molecule has 0 aliphatic heterocycles. The molecule has 0 radical (unpaired) electrons. The van der Waals surface area contributed by atoms with Gasteiger partial charge in [0.1, 0.15) is 17.3 Å². The number of benzene rings is 1. The van der Waals surface area contributed by atoms with E-state index in [-0.39, 0.29) is 35.4 Å². The van der Waals surface area contributed by atoms with Gasteiger partial charge in [-0.1, -0.05) is 18.2 Å². The summed E-state index contributed by atoms with van der Waals surface area (Å²) >= 11 is 0. The van der Waals surface area contributed by atoms with Crippen molar-refractivity contribution in [2.45, 2.75) is 4.90 Å². The van der Waals surface area contributed by atoms with Gasteiger partial charge in [0.25, 0.3) is 0 Å². The second kappa shape index (κ2) is 12.5. The van der Waals surface area contributed by atoms with Crippen LogP contribution in [-0.4, -0.2) is 52.7 Å². The van der Waals surface area contributed by atoms with Crippen LogP contribution >= 0.6 is 24.0 Å². The van der Waals surface area contributed by atoms with E-state index in [1.165, 1.54) is 18.5 Å². The average Bonchev–Trinajstić information content (AvgIpc) is 2.68. The van der Waals surface area contributed by atoms with E-state index in [4.69, 9.17) is 4.74 Å². The highest BCUT2D eigenvalue weighted by Crippen LogP contribution is 2.07. The second-order valence-corrected chi connectivity index (χ2v) is 6.94. The molecule has 27 heavy (non-hydrogen) atoms. The molecule has 0 bridgehead atoms. The zero-order chi connectivity index (χ0) is 18.7. The minimum absolute atomic E-state index is 0. The summed E-state index contributed by atoms with van der Waals surface area (Å²) in [4.78, 5) is 8.02. The molecule has 0 aliphatic rings. The summed E-state index contributed by atoms with van der Waals surface area (Å²) in [5.74, 6) is 1.38. The van der Waals surface area contributed by atoms with Gasteiger partial charge in [-0.3, -0.25) is 9.98 Å². The highest BCUT2D eigenvalue weighted by molar-refractivity contribution is 14.0. The Hall–Kier alpha value is -1.92. The molecule has 0 amide bonds. The van der Waals surface area contributed by atoms with Crippen molar-refractivity contribution in [2.75, 3.05) is 33.3 Å². The van der Waals surface area contributed by atoms with Crippen LogP contribution in [0.1, 0.15) is 0 Å². The fourth-order valence-electron chi connectivity index (χ4n) is 2.03. The van der Waals surface area contributed by atoms with Crippen molar-refractivity contribution >= 4 is 40.0 Å². The average molecular weight is 505 g/mol. The molecule has 8 nitrogen and oxygen atoms in total. The van der Waals surface area contributed by atoms with Gasteiger partial charge in [0.2, 0.25) is 10.0 Å². The summed E-state index contributed by atoms with van der Waals surface area (Å²) in [6, 6.07) is 12.6. The third-order valence-corrected chi connectivity index (χ3v) is 4.73. The summed E-state index contributed by atoms with van der Waals surface area (Å²) in [5, 5.41) is 6.13. The minimum Gasteiger partial charge on any atom is -0.492 e. The first-order valence-electron chi connectivity index (χ1n) is 8.14. The van der Waals surface area contributed by atoms with E-state index in [9.17, 15) is 8.42 Å². The number of rotatable bonds is 9. The highest BCUT2D eigenvalue weighted by Gasteiger charge is 2.12. The number of hydrogen-bond donors (Lipinski definition) is 3. The van der Waals surface area contributed by atoms with Gasteiger partial charge in [-0.05, 0) is 24.3 Å². The SMILES string of the molecule is CN=C(NCCNS(=O)(=O)c1cccnc1)NCCOc1ccccc1.I. The van der Waals surface area contributed by atoms with Gasteiger partial charge in [0.15, 0.2) is 5.96 Å². The van der Waals surface area contributed by atoms with Gasteiger partial charge in [-0.25, -0.2) is 13.1 Å². The maximum atomic E-state index is 12.1. The molecule has 0 atom stereocenters. The van der Waals surface area contributed by atoms with Gasteiger partial charge in [0.05, 0.1) is 6.54 Å². The predicted octanol–water partition coefficient (Wildman–Crippen LogP) is 1.22. The summed E-state index contributed by atoms with van der Waals surface area (Å²) in [7, 11) is -1.90. The summed E-state index contributed by atoms with van der Waals surface area (Å²) in [6.07, 6.45) is 2.83. The Balaban J connectivity index is 0.00000364. The molecular formula is C17H24IN5O3S. The molecule has 1 aromatic carbocycles. The van der Waals surface area contributed by atoms with Gasteiger partial charge in [0, 0.05) is 32.5 Å². The molecule has 0 fully saturated rings. The number of pyridine rings is 1. The lowest BCUT2D eigenvalue weighted by Crippen LogP contribution is -2.42. The van der Waals surface area contributed by atoms with Crippen LogP contribution in [0.3, 0.4) is 0 Å². The number of hydrogen-bond acceptors (Lipinski definition) is 5. The third kappa shape index (κ3) is 8.54. The van der Waals surface area contributed by atoms with Gasteiger partial charge in [-0.15, -0.1) is 24.0 Å². The van der Waals surface area contributed by atoms with E-state index >= 15 is 0 Å². The largest absolute Gasteiger partial charge is 0.492 e. The smallest absolute Gasteiger partial charge is 0.242 e. The van der Waals surface area contributed by atoms with Crippen LogP contribution in [0.2, 0.25) is 0 Å². The fourth-order valence-corrected chi connectivity index (χ4v) is 3.03. The molecule has 148 valence electrons. The molecule has 1 heterocycles. The van der Waals surface area contributed by atoms with E-state index in [0.29, 0.717) is 25.7 Å². The second-order valence-electron chi connectivity index (χ2n) is 5.17. The molecule has 0 spiro atoms. The standard InChI is InChI=1S/C17H23N5O3S.HI/c1-18-17(21-12-13-25-15-6-3-2-4-7-15)20-10-11-22-26(23,24)16-8-5-9-19-14-16;/h2-9,14,22H,10-13H2,1H3,(H2,18,20,21);1H. The summed E-state index contributed by atoms with van der Waals surface area (Å²) in [5.41, 5.74) is 0. The van der Waals surface area contributed by atoms with Crippen LogP contribution < -0.4 is 20.1 Å².